The van der Waals surface area contributed by atoms with Gasteiger partial charge in [-0.1, -0.05) is 32.1 Å². The molecule has 2 aliphatic rings. The summed E-state index contributed by atoms with van der Waals surface area (Å²) in [6, 6.07) is 0. The molecule has 0 radical (unpaired) electrons. The number of hydrogen-bond donors (Lipinski definition) is 1. The Hall–Kier alpha value is -2.37. The van der Waals surface area contributed by atoms with Gasteiger partial charge in [-0.15, -0.1) is 0 Å². The van der Waals surface area contributed by atoms with E-state index in [2.05, 4.69) is 6.58 Å². The maximum Gasteiger partial charge on any atom is 0.334 e. The normalized spacial score (nSPS) is 26.5. The molecule has 3 atom stereocenters. The second-order valence-corrected chi connectivity index (χ2v) is 7.34. The summed E-state index contributed by atoms with van der Waals surface area (Å²) < 4.78 is 11.0. The lowest BCUT2D eigenvalue weighted by Gasteiger charge is -2.27. The number of fused-ring (bicyclic) bond motifs is 1. The van der Waals surface area contributed by atoms with Gasteiger partial charge in [0.2, 0.25) is 0 Å². The van der Waals surface area contributed by atoms with Crippen LogP contribution in [0.2, 0.25) is 0 Å². The van der Waals surface area contributed by atoms with Gasteiger partial charge < -0.3 is 14.6 Å². The zero-order valence-electron chi connectivity index (χ0n) is 15.5. The lowest BCUT2D eigenvalue weighted by Crippen LogP contribution is -2.34. The van der Waals surface area contributed by atoms with E-state index in [-0.39, 0.29) is 29.9 Å². The Bertz CT molecular complexity index is 670. The molecule has 1 heterocycles. The SMILES string of the molecule is C=C1C(=O)OC2C=C(C)CCC=C(C(=O)O)CC(OC(=O)CC(C)C)C12. The molecule has 2 rings (SSSR count). The number of carbonyl (C=O) groups is 3. The molecule has 1 aliphatic carbocycles. The summed E-state index contributed by atoms with van der Waals surface area (Å²) in [5, 5.41) is 9.49. The standard InChI is InChI=1S/C20H26O6/c1-11(2)8-17(21)25-16-10-14(19(22)23)7-5-6-12(3)9-15-18(16)13(4)20(24)26-15/h7,9,11,15-16,18H,4-6,8,10H2,1-3H3,(H,22,23). The van der Waals surface area contributed by atoms with Crippen LogP contribution in [0.1, 0.15) is 46.5 Å². The first-order chi connectivity index (χ1) is 12.2. The van der Waals surface area contributed by atoms with E-state index in [0.717, 1.165) is 5.57 Å². The van der Waals surface area contributed by atoms with Crippen LogP contribution in [0.15, 0.2) is 35.5 Å². The Labute approximate surface area is 153 Å². The molecule has 6 nitrogen and oxygen atoms in total. The number of esters is 2. The van der Waals surface area contributed by atoms with Crippen molar-refractivity contribution in [2.75, 3.05) is 0 Å². The maximum absolute atomic E-state index is 12.2. The fourth-order valence-corrected chi connectivity index (χ4v) is 3.29. The van der Waals surface area contributed by atoms with E-state index >= 15 is 0 Å². The summed E-state index contributed by atoms with van der Waals surface area (Å²) in [6.07, 6.45) is 3.56. The Balaban J connectivity index is 2.39. The number of hydrogen-bond acceptors (Lipinski definition) is 5. The van der Waals surface area contributed by atoms with Gasteiger partial charge in [-0.2, -0.15) is 0 Å². The van der Waals surface area contributed by atoms with Crippen molar-refractivity contribution >= 4 is 17.9 Å². The minimum absolute atomic E-state index is 0.0167. The lowest BCUT2D eigenvalue weighted by molar-refractivity contribution is -0.153. The molecular weight excluding hydrogens is 336 g/mol. The largest absolute Gasteiger partial charge is 0.478 e. The third-order valence-electron chi connectivity index (χ3n) is 4.59. The van der Waals surface area contributed by atoms with Crippen molar-refractivity contribution in [1.82, 2.24) is 0 Å². The maximum atomic E-state index is 12.2. The van der Waals surface area contributed by atoms with Gasteiger partial charge in [0.15, 0.2) is 0 Å². The molecule has 1 N–H and O–H groups in total. The smallest absolute Gasteiger partial charge is 0.334 e. The second-order valence-electron chi connectivity index (χ2n) is 7.34. The molecule has 26 heavy (non-hydrogen) atoms. The molecule has 0 saturated carbocycles. The number of ether oxygens (including phenoxy) is 2. The number of rotatable bonds is 4. The highest BCUT2D eigenvalue weighted by molar-refractivity contribution is 5.91. The van der Waals surface area contributed by atoms with E-state index in [1.54, 1.807) is 6.08 Å². The summed E-state index contributed by atoms with van der Waals surface area (Å²) in [7, 11) is 0. The Morgan fingerprint density at radius 1 is 1.42 bits per heavy atom. The summed E-state index contributed by atoms with van der Waals surface area (Å²) >= 11 is 0. The highest BCUT2D eigenvalue weighted by Gasteiger charge is 2.45. The van der Waals surface area contributed by atoms with Crippen LogP contribution in [0.3, 0.4) is 0 Å². The molecule has 1 aliphatic heterocycles. The highest BCUT2D eigenvalue weighted by atomic mass is 16.6. The van der Waals surface area contributed by atoms with Crippen molar-refractivity contribution in [3.8, 4) is 0 Å². The van der Waals surface area contributed by atoms with Gasteiger partial charge in [0.05, 0.1) is 5.92 Å². The van der Waals surface area contributed by atoms with Crippen LogP contribution in [0.25, 0.3) is 0 Å². The van der Waals surface area contributed by atoms with Crippen LogP contribution in [0.5, 0.6) is 0 Å². The molecule has 3 unspecified atom stereocenters. The fourth-order valence-electron chi connectivity index (χ4n) is 3.29. The first kappa shape index (κ1) is 19.9. The zero-order valence-corrected chi connectivity index (χ0v) is 15.5. The van der Waals surface area contributed by atoms with Crippen LogP contribution in [-0.2, 0) is 23.9 Å². The predicted octanol–water partition coefficient (Wildman–Crippen LogP) is 3.18. The summed E-state index contributed by atoms with van der Waals surface area (Å²) in [4.78, 5) is 35.9. The predicted molar refractivity (Wildman–Crippen MR) is 95.2 cm³/mol. The van der Waals surface area contributed by atoms with E-state index in [1.165, 1.54) is 0 Å². The molecule has 6 heteroatoms. The zero-order chi connectivity index (χ0) is 19.4. The monoisotopic (exact) mass is 362 g/mol. The van der Waals surface area contributed by atoms with E-state index in [9.17, 15) is 19.5 Å². The molecule has 0 aromatic rings. The van der Waals surface area contributed by atoms with Gasteiger partial charge >= 0.3 is 17.9 Å². The molecule has 0 spiro atoms. The first-order valence-corrected chi connectivity index (χ1v) is 8.88. The van der Waals surface area contributed by atoms with E-state index < -0.39 is 36.0 Å². The number of carboxylic acid groups (broad SMARTS) is 1. The van der Waals surface area contributed by atoms with Crippen LogP contribution in [0, 0.1) is 11.8 Å². The van der Waals surface area contributed by atoms with Crippen LogP contribution < -0.4 is 0 Å². The van der Waals surface area contributed by atoms with Gasteiger partial charge in [-0.05, 0) is 31.8 Å². The summed E-state index contributed by atoms with van der Waals surface area (Å²) in [5.74, 6) is -2.48. The average molecular weight is 362 g/mol. The van der Waals surface area contributed by atoms with Crippen molar-refractivity contribution in [3.05, 3.63) is 35.5 Å². The molecule has 1 saturated heterocycles. The molecule has 142 valence electrons. The van der Waals surface area contributed by atoms with Crippen LogP contribution >= 0.6 is 0 Å². The van der Waals surface area contributed by atoms with E-state index in [4.69, 9.17) is 9.47 Å². The third kappa shape index (κ3) is 4.84. The Morgan fingerprint density at radius 3 is 2.73 bits per heavy atom. The van der Waals surface area contributed by atoms with Gasteiger partial charge in [0.1, 0.15) is 12.2 Å². The summed E-state index contributed by atoms with van der Waals surface area (Å²) in [5.41, 5.74) is 1.37. The molecule has 0 aromatic carbocycles. The van der Waals surface area contributed by atoms with E-state index in [1.807, 2.05) is 26.8 Å². The van der Waals surface area contributed by atoms with Gasteiger partial charge in [-0.25, -0.2) is 9.59 Å². The molecule has 1 fully saturated rings. The number of aliphatic carboxylic acids is 1. The number of carbonyl (C=O) groups excluding carboxylic acids is 2. The highest BCUT2D eigenvalue weighted by Crippen LogP contribution is 2.36. The minimum Gasteiger partial charge on any atom is -0.478 e. The Kier molecular flexibility index (Phi) is 6.40. The number of allylic oxidation sites excluding steroid dienone is 2. The minimum atomic E-state index is -1.05. The van der Waals surface area contributed by atoms with Crippen LogP contribution in [-0.4, -0.2) is 35.2 Å². The fraction of sp³-hybridized carbons (Fsp3) is 0.550. The second kappa shape index (κ2) is 8.34. The van der Waals surface area contributed by atoms with Gasteiger partial charge in [-0.3, -0.25) is 4.79 Å². The van der Waals surface area contributed by atoms with Crippen molar-refractivity contribution in [2.45, 2.75) is 58.7 Å². The summed E-state index contributed by atoms with van der Waals surface area (Å²) in [6.45, 7) is 9.49. The lowest BCUT2D eigenvalue weighted by atomic mass is 9.85. The molecular formula is C20H26O6. The number of carboxylic acids is 1. The van der Waals surface area contributed by atoms with Crippen molar-refractivity contribution < 1.29 is 29.0 Å². The average Bonchev–Trinajstić information content (AvgIpc) is 2.78. The van der Waals surface area contributed by atoms with Gasteiger partial charge in [0.25, 0.3) is 0 Å². The molecule has 0 aromatic heterocycles. The van der Waals surface area contributed by atoms with Gasteiger partial charge in [0, 0.05) is 24.0 Å². The van der Waals surface area contributed by atoms with E-state index in [0.29, 0.717) is 12.8 Å². The quantitative estimate of drug-likeness (QED) is 0.469. The van der Waals surface area contributed by atoms with Crippen molar-refractivity contribution in [1.29, 1.82) is 0 Å². The van der Waals surface area contributed by atoms with Crippen molar-refractivity contribution in [2.24, 2.45) is 11.8 Å². The molecule has 0 amide bonds. The first-order valence-electron chi connectivity index (χ1n) is 8.88. The third-order valence-corrected chi connectivity index (χ3v) is 4.59. The van der Waals surface area contributed by atoms with Crippen molar-refractivity contribution in [3.63, 3.8) is 0 Å². The van der Waals surface area contributed by atoms with Crippen LogP contribution in [0.4, 0.5) is 0 Å². The molecule has 0 bridgehead atoms. The topological polar surface area (TPSA) is 89.9 Å². The Morgan fingerprint density at radius 2 is 2.12 bits per heavy atom.